The van der Waals surface area contributed by atoms with Crippen LogP contribution in [0, 0.1) is 11.7 Å². The van der Waals surface area contributed by atoms with Crippen LogP contribution in [0.2, 0.25) is 0 Å². The van der Waals surface area contributed by atoms with E-state index >= 15 is 0 Å². The topological polar surface area (TPSA) is 46.6 Å². The number of hydrogen-bond acceptors (Lipinski definition) is 3. The van der Waals surface area contributed by atoms with Gasteiger partial charge in [0, 0.05) is 19.7 Å². The van der Waals surface area contributed by atoms with Crippen molar-refractivity contribution in [3.05, 3.63) is 35.6 Å². The summed E-state index contributed by atoms with van der Waals surface area (Å²) in [5.41, 5.74) is 0.765. The van der Waals surface area contributed by atoms with Crippen molar-refractivity contribution in [1.29, 1.82) is 0 Å². The van der Waals surface area contributed by atoms with E-state index in [1.54, 1.807) is 26.1 Å². The third-order valence-electron chi connectivity index (χ3n) is 3.87. The highest BCUT2D eigenvalue weighted by Crippen LogP contribution is 2.28. The molecule has 1 atom stereocenters. The minimum Gasteiger partial charge on any atom is -0.380 e. The Morgan fingerprint density at radius 3 is 2.52 bits per heavy atom. The van der Waals surface area contributed by atoms with Crippen molar-refractivity contribution in [2.75, 3.05) is 26.0 Å². The van der Waals surface area contributed by atoms with Crippen LogP contribution in [0.3, 0.4) is 0 Å². The Morgan fingerprint density at radius 1 is 1.33 bits per heavy atom. The van der Waals surface area contributed by atoms with E-state index in [0.717, 1.165) is 5.56 Å². The first-order chi connectivity index (χ1) is 9.90. The second-order valence-electron chi connectivity index (χ2n) is 5.58. The van der Waals surface area contributed by atoms with Gasteiger partial charge in [0.2, 0.25) is 10.0 Å². The first kappa shape index (κ1) is 16.4. The minimum absolute atomic E-state index is 0.0260. The zero-order chi connectivity index (χ0) is 15.5. The van der Waals surface area contributed by atoms with E-state index in [-0.39, 0.29) is 24.2 Å². The molecular weight excluding hydrogens is 293 g/mol. The molecule has 0 amide bonds. The molecule has 0 radical (unpaired) electrons. The molecule has 0 bridgehead atoms. The number of hydrogen-bond donors (Lipinski definition) is 0. The van der Waals surface area contributed by atoms with Crippen LogP contribution >= 0.6 is 0 Å². The molecule has 1 aromatic rings. The van der Waals surface area contributed by atoms with Gasteiger partial charge in [-0.2, -0.15) is 4.31 Å². The average Bonchev–Trinajstić information content (AvgIpc) is 3.27. The van der Waals surface area contributed by atoms with Crippen LogP contribution in [-0.4, -0.2) is 38.7 Å². The molecule has 1 saturated carbocycles. The van der Waals surface area contributed by atoms with Gasteiger partial charge >= 0.3 is 0 Å². The summed E-state index contributed by atoms with van der Waals surface area (Å²) in [6.07, 6.45) is 2.38. The molecule has 0 aromatic heterocycles. The monoisotopic (exact) mass is 315 g/mol. The largest absolute Gasteiger partial charge is 0.380 e. The molecule has 21 heavy (non-hydrogen) atoms. The number of benzene rings is 1. The molecule has 0 N–H and O–H groups in total. The Hall–Kier alpha value is -0.980. The lowest BCUT2D eigenvalue weighted by molar-refractivity contribution is 0.137. The fraction of sp³-hybridized carbons (Fsp3) is 0.600. The van der Waals surface area contributed by atoms with Crippen LogP contribution < -0.4 is 0 Å². The minimum atomic E-state index is -3.38. The Morgan fingerprint density at radius 2 is 1.95 bits per heavy atom. The average molecular weight is 315 g/mol. The van der Waals surface area contributed by atoms with Crippen LogP contribution in [0.1, 0.15) is 31.4 Å². The smallest absolute Gasteiger partial charge is 0.216 e. The van der Waals surface area contributed by atoms with Crippen molar-refractivity contribution in [3.8, 4) is 0 Å². The highest BCUT2D eigenvalue weighted by Gasteiger charge is 2.25. The second kappa shape index (κ2) is 6.85. The van der Waals surface area contributed by atoms with Gasteiger partial charge in [-0.15, -0.1) is 0 Å². The molecule has 1 aromatic carbocycles. The van der Waals surface area contributed by atoms with Gasteiger partial charge in [0.15, 0.2) is 0 Å². The standard InChI is InChI=1S/C15H22FNO3S/c1-12(14-5-7-15(16)8-6-14)17(2)21(18,19)10-9-20-11-13-3-4-13/h5-8,12-13H,3-4,9-11H2,1-2H3/t12-/m0/s1. The summed E-state index contributed by atoms with van der Waals surface area (Å²) in [7, 11) is -1.83. The zero-order valence-electron chi connectivity index (χ0n) is 12.5. The maximum atomic E-state index is 12.9. The van der Waals surface area contributed by atoms with E-state index < -0.39 is 10.0 Å². The molecule has 4 nitrogen and oxygen atoms in total. The highest BCUT2D eigenvalue weighted by molar-refractivity contribution is 7.89. The van der Waals surface area contributed by atoms with E-state index in [4.69, 9.17) is 4.74 Å². The van der Waals surface area contributed by atoms with Crippen molar-refractivity contribution >= 4 is 10.0 Å². The number of nitrogens with zero attached hydrogens (tertiary/aromatic N) is 1. The van der Waals surface area contributed by atoms with Gasteiger partial charge in [0.25, 0.3) is 0 Å². The summed E-state index contributed by atoms with van der Waals surface area (Å²) in [5, 5.41) is 0. The molecule has 1 fully saturated rings. The van der Waals surface area contributed by atoms with Crippen molar-refractivity contribution in [2.24, 2.45) is 5.92 Å². The maximum absolute atomic E-state index is 12.9. The van der Waals surface area contributed by atoms with Gasteiger partial charge in [0.05, 0.1) is 12.4 Å². The lowest BCUT2D eigenvalue weighted by Crippen LogP contribution is -2.33. The van der Waals surface area contributed by atoms with Crippen molar-refractivity contribution in [1.82, 2.24) is 4.31 Å². The molecule has 2 rings (SSSR count). The second-order valence-corrected chi connectivity index (χ2v) is 7.73. The predicted molar refractivity (Wildman–Crippen MR) is 79.9 cm³/mol. The molecule has 0 spiro atoms. The van der Waals surface area contributed by atoms with E-state index in [1.165, 1.54) is 29.3 Å². The van der Waals surface area contributed by atoms with E-state index in [1.807, 2.05) is 0 Å². The lowest BCUT2D eigenvalue weighted by atomic mass is 10.1. The summed E-state index contributed by atoms with van der Waals surface area (Å²) >= 11 is 0. The molecule has 1 aliphatic carbocycles. The van der Waals surface area contributed by atoms with E-state index in [0.29, 0.717) is 12.5 Å². The molecule has 0 aliphatic heterocycles. The van der Waals surface area contributed by atoms with Crippen LogP contribution in [-0.2, 0) is 14.8 Å². The Bertz CT molecular complexity index is 555. The lowest BCUT2D eigenvalue weighted by Gasteiger charge is -2.24. The number of sulfonamides is 1. The normalized spacial score (nSPS) is 17.1. The Labute approximate surface area is 126 Å². The van der Waals surface area contributed by atoms with Crippen molar-refractivity contribution in [3.63, 3.8) is 0 Å². The first-order valence-electron chi connectivity index (χ1n) is 7.19. The summed E-state index contributed by atoms with van der Waals surface area (Å²) in [4.78, 5) is 0. The van der Waals surface area contributed by atoms with Crippen molar-refractivity contribution in [2.45, 2.75) is 25.8 Å². The fourth-order valence-corrected chi connectivity index (χ4v) is 3.25. The SMILES string of the molecule is C[C@@H](c1ccc(F)cc1)N(C)S(=O)(=O)CCOCC1CC1. The predicted octanol–water partition coefficient (Wildman–Crippen LogP) is 2.57. The molecule has 0 saturated heterocycles. The molecule has 118 valence electrons. The Kier molecular flexibility index (Phi) is 5.35. The van der Waals surface area contributed by atoms with Crippen LogP contribution in [0.4, 0.5) is 4.39 Å². The third-order valence-corrected chi connectivity index (χ3v) is 5.75. The quantitative estimate of drug-likeness (QED) is 0.693. The fourth-order valence-electron chi connectivity index (χ4n) is 2.03. The molecular formula is C15H22FNO3S. The van der Waals surface area contributed by atoms with Crippen LogP contribution in [0.5, 0.6) is 0 Å². The number of halogens is 1. The van der Waals surface area contributed by atoms with Crippen molar-refractivity contribution < 1.29 is 17.5 Å². The first-order valence-corrected chi connectivity index (χ1v) is 8.80. The van der Waals surface area contributed by atoms with Gasteiger partial charge in [-0.1, -0.05) is 12.1 Å². The molecule has 1 aliphatic rings. The van der Waals surface area contributed by atoms with Crippen LogP contribution in [0.25, 0.3) is 0 Å². The van der Waals surface area contributed by atoms with E-state index in [9.17, 15) is 12.8 Å². The molecule has 6 heteroatoms. The molecule has 0 heterocycles. The zero-order valence-corrected chi connectivity index (χ0v) is 13.3. The number of rotatable bonds is 8. The molecule has 0 unspecified atom stereocenters. The van der Waals surface area contributed by atoms with Gasteiger partial charge in [-0.25, -0.2) is 12.8 Å². The third kappa shape index (κ3) is 4.76. The van der Waals surface area contributed by atoms with Gasteiger partial charge < -0.3 is 4.74 Å². The highest BCUT2D eigenvalue weighted by atomic mass is 32.2. The van der Waals surface area contributed by atoms with E-state index in [2.05, 4.69) is 0 Å². The van der Waals surface area contributed by atoms with Gasteiger partial charge in [-0.05, 0) is 43.4 Å². The number of ether oxygens (including phenoxy) is 1. The summed E-state index contributed by atoms with van der Waals surface area (Å²) in [6.45, 7) is 2.67. The van der Waals surface area contributed by atoms with Gasteiger partial charge in [-0.3, -0.25) is 0 Å². The Balaban J connectivity index is 1.89. The van der Waals surface area contributed by atoms with Gasteiger partial charge in [0.1, 0.15) is 5.82 Å². The summed E-state index contributed by atoms with van der Waals surface area (Å²) < 4.78 is 44.1. The summed E-state index contributed by atoms with van der Waals surface area (Å²) in [5.74, 6) is 0.274. The summed E-state index contributed by atoms with van der Waals surface area (Å²) in [6, 6.07) is 5.56. The van der Waals surface area contributed by atoms with Crippen LogP contribution in [0.15, 0.2) is 24.3 Å². The maximum Gasteiger partial charge on any atom is 0.216 e.